The van der Waals surface area contributed by atoms with Crippen molar-refractivity contribution in [3.63, 3.8) is 0 Å². The Morgan fingerprint density at radius 1 is 1.02 bits per heavy atom. The van der Waals surface area contributed by atoms with Crippen molar-refractivity contribution in [1.29, 1.82) is 0 Å². The van der Waals surface area contributed by atoms with E-state index >= 15 is 0 Å². The lowest BCUT2D eigenvalue weighted by Crippen LogP contribution is -2.49. The highest BCUT2D eigenvalue weighted by molar-refractivity contribution is 9.10. The van der Waals surface area contributed by atoms with Gasteiger partial charge >= 0.3 is 11.4 Å². The van der Waals surface area contributed by atoms with Gasteiger partial charge in [-0.3, -0.25) is 14.4 Å². The number of methoxy groups -OCH3 is 2. The predicted octanol–water partition coefficient (Wildman–Crippen LogP) is 4.44. The second kappa shape index (κ2) is 13.1. The van der Waals surface area contributed by atoms with Crippen molar-refractivity contribution in [2.24, 2.45) is 18.4 Å². The van der Waals surface area contributed by atoms with Crippen molar-refractivity contribution in [2.45, 2.75) is 44.8 Å². The van der Waals surface area contributed by atoms with Crippen molar-refractivity contribution in [2.75, 3.05) is 19.1 Å². The van der Waals surface area contributed by atoms with E-state index in [9.17, 15) is 33.5 Å². The third-order valence-electron chi connectivity index (χ3n) is 11.3. The molecule has 17 heteroatoms. The van der Waals surface area contributed by atoms with Crippen LogP contribution in [0.15, 0.2) is 79.0 Å². The van der Waals surface area contributed by atoms with Crippen molar-refractivity contribution in [1.82, 2.24) is 23.5 Å². The number of phenols is 1. The summed E-state index contributed by atoms with van der Waals surface area (Å²) in [5, 5.41) is 11.0. The molecule has 2 amide bonds. The normalized spacial score (nSPS) is 21.7. The second-order valence-corrected chi connectivity index (χ2v) is 15.3. The number of aromatic nitrogens is 5. The Morgan fingerprint density at radius 3 is 2.45 bits per heavy atom. The fourth-order valence-corrected chi connectivity index (χ4v) is 9.13. The molecule has 0 unspecified atom stereocenters. The van der Waals surface area contributed by atoms with Gasteiger partial charge in [0.25, 0.3) is 5.56 Å². The minimum atomic E-state index is -1.47. The van der Waals surface area contributed by atoms with E-state index in [1.54, 1.807) is 44.3 Å². The molecule has 284 valence electrons. The molecule has 1 saturated heterocycles. The van der Waals surface area contributed by atoms with Gasteiger partial charge in [-0.1, -0.05) is 33.6 Å². The quantitative estimate of drug-likeness (QED) is 0.185. The third kappa shape index (κ3) is 5.32. The summed E-state index contributed by atoms with van der Waals surface area (Å²) in [6.07, 6.45) is 1.67. The van der Waals surface area contributed by atoms with E-state index in [1.807, 2.05) is 0 Å². The summed E-state index contributed by atoms with van der Waals surface area (Å²) in [6.45, 7) is 1.43. The van der Waals surface area contributed by atoms with Crippen LogP contribution < -0.4 is 31.3 Å². The van der Waals surface area contributed by atoms with Gasteiger partial charge in [-0.15, -0.1) is 0 Å². The maximum absolute atomic E-state index is 14.6. The molecule has 3 aliphatic rings. The minimum absolute atomic E-state index is 0.0367. The molecule has 2 aliphatic heterocycles. The summed E-state index contributed by atoms with van der Waals surface area (Å²) in [6, 6.07) is 10.7. The maximum Gasteiger partial charge on any atom is 0.347 e. The topological polar surface area (TPSA) is 160 Å². The summed E-state index contributed by atoms with van der Waals surface area (Å²) in [4.78, 5) is 76.2. The smallest absolute Gasteiger partial charge is 0.347 e. The lowest BCUT2D eigenvalue weighted by molar-refractivity contribution is -0.129. The van der Waals surface area contributed by atoms with Crippen molar-refractivity contribution >= 4 is 56.1 Å². The number of halogens is 3. The van der Waals surface area contributed by atoms with Crippen LogP contribution in [0.25, 0.3) is 11.0 Å². The van der Waals surface area contributed by atoms with Crippen molar-refractivity contribution in [3.8, 4) is 17.2 Å². The van der Waals surface area contributed by atoms with E-state index < -0.39 is 57.9 Å². The molecular formula is C38H33BrClFN6O8. The van der Waals surface area contributed by atoms with Gasteiger partial charge in [0.2, 0.25) is 11.8 Å². The van der Waals surface area contributed by atoms with Crippen LogP contribution in [0.1, 0.15) is 36.6 Å². The molecule has 1 saturated carbocycles. The van der Waals surface area contributed by atoms with Crippen LogP contribution in [-0.4, -0.2) is 54.6 Å². The number of aryl methyl sites for hydroxylation is 2. The Kier molecular flexibility index (Phi) is 8.68. The number of carbonyl (C=O) groups is 2. The highest BCUT2D eigenvalue weighted by Gasteiger charge is 2.65. The fraction of sp³-hybridized carbons (Fsp3) is 0.316. The zero-order valence-corrected chi connectivity index (χ0v) is 32.2. The monoisotopic (exact) mass is 834 g/mol. The molecule has 0 bridgehead atoms. The molecule has 0 spiro atoms. The molecule has 0 radical (unpaired) electrons. The molecular weight excluding hydrogens is 803 g/mol. The summed E-state index contributed by atoms with van der Waals surface area (Å²) in [5.74, 6) is -3.15. The van der Waals surface area contributed by atoms with Crippen molar-refractivity contribution < 1.29 is 28.6 Å². The highest BCUT2D eigenvalue weighted by atomic mass is 79.9. The van der Waals surface area contributed by atoms with Crippen LogP contribution in [0.2, 0.25) is 5.02 Å². The lowest BCUT2D eigenvalue weighted by atomic mass is 9.56. The van der Waals surface area contributed by atoms with Crippen LogP contribution in [0.4, 0.5) is 10.1 Å². The van der Waals surface area contributed by atoms with Crippen LogP contribution >= 0.6 is 27.5 Å². The first kappa shape index (κ1) is 36.5. The highest BCUT2D eigenvalue weighted by Crippen LogP contribution is 2.62. The van der Waals surface area contributed by atoms with Gasteiger partial charge in [-0.05, 0) is 55.3 Å². The number of imide groups is 1. The number of fused-ring (bicyclic) bond motifs is 5. The molecule has 1 N–H and O–H groups in total. The molecule has 2 fully saturated rings. The number of phenolic OH excluding ortho intramolecular Hbond substituents is 1. The zero-order chi connectivity index (χ0) is 39.2. The van der Waals surface area contributed by atoms with E-state index in [-0.39, 0.29) is 48.1 Å². The lowest BCUT2D eigenvalue weighted by Gasteiger charge is -2.47. The van der Waals surface area contributed by atoms with Gasteiger partial charge in [0, 0.05) is 48.1 Å². The van der Waals surface area contributed by atoms with Crippen molar-refractivity contribution in [3.05, 3.63) is 118 Å². The summed E-state index contributed by atoms with van der Waals surface area (Å²) in [5.41, 5.74) is -1.13. The van der Waals surface area contributed by atoms with E-state index in [0.717, 1.165) is 15.5 Å². The average Bonchev–Trinajstić information content (AvgIpc) is 3.53. The largest absolute Gasteiger partial charge is 0.508 e. The van der Waals surface area contributed by atoms with Crippen LogP contribution in [0.5, 0.6) is 17.2 Å². The van der Waals surface area contributed by atoms with Crippen LogP contribution in [0, 0.1) is 17.2 Å². The number of allylic oxidation sites excluding steroid dienone is 2. The molecule has 55 heavy (non-hydrogen) atoms. The third-order valence-corrected chi connectivity index (χ3v) is 12.1. The van der Waals surface area contributed by atoms with Gasteiger partial charge in [0.05, 0.1) is 59.9 Å². The molecule has 3 aromatic carbocycles. The first-order valence-electron chi connectivity index (χ1n) is 17.3. The molecule has 14 nitrogen and oxygen atoms in total. The van der Waals surface area contributed by atoms with Crippen LogP contribution in [-0.2, 0) is 36.1 Å². The molecule has 4 heterocycles. The Labute approximate surface area is 324 Å². The molecule has 2 aromatic heterocycles. The van der Waals surface area contributed by atoms with E-state index in [2.05, 4.69) is 20.9 Å². The zero-order valence-electron chi connectivity index (χ0n) is 29.9. The Bertz CT molecular complexity index is 2720. The van der Waals surface area contributed by atoms with E-state index in [4.69, 9.17) is 21.1 Å². The molecule has 1 aliphatic carbocycles. The minimum Gasteiger partial charge on any atom is -0.508 e. The number of benzene rings is 3. The summed E-state index contributed by atoms with van der Waals surface area (Å²) in [7, 11) is 4.55. The van der Waals surface area contributed by atoms with E-state index in [0.29, 0.717) is 38.1 Å². The number of amides is 2. The Morgan fingerprint density at radius 2 is 1.75 bits per heavy atom. The number of hydrogen-bond donors (Lipinski definition) is 1. The fourth-order valence-electron chi connectivity index (χ4n) is 8.58. The second-order valence-electron chi connectivity index (χ2n) is 14.0. The van der Waals surface area contributed by atoms with Gasteiger partial charge in [-0.25, -0.2) is 37.8 Å². The number of ether oxygens (including phenoxy) is 2. The SMILES string of the molecule is COc1cc2nc(CCn3c(=O)n4n(c3=O)[C@@H]3C[C@H]5C(=O)N(c6ccc(F)c(Cl)c6)C(=O)[C@@]5(C)[C@@H](c5cc(Br)ccc5O)C3=CC4)c(=O)n(C)c2cc1OC. The van der Waals surface area contributed by atoms with E-state index in [1.165, 1.54) is 46.3 Å². The molecule has 8 rings (SSSR count). The number of aromatic hydroxyl groups is 1. The van der Waals surface area contributed by atoms with Gasteiger partial charge < -0.3 is 19.1 Å². The number of anilines is 1. The summed E-state index contributed by atoms with van der Waals surface area (Å²) >= 11 is 9.55. The Hall–Kier alpha value is -5.48. The van der Waals surface area contributed by atoms with Crippen LogP contribution in [0.3, 0.4) is 0 Å². The summed E-state index contributed by atoms with van der Waals surface area (Å²) < 4.78 is 30.6. The molecule has 5 aromatic rings. The first-order chi connectivity index (χ1) is 26.2. The Balaban J connectivity index is 1.21. The number of nitrogens with zero attached hydrogens (tertiary/aromatic N) is 6. The van der Waals surface area contributed by atoms with Gasteiger partial charge in [0.1, 0.15) is 17.3 Å². The molecule has 4 atom stereocenters. The number of carbonyl (C=O) groups excluding carboxylic acids is 2. The number of rotatable bonds is 7. The maximum atomic E-state index is 14.6. The first-order valence-corrected chi connectivity index (χ1v) is 18.4. The standard InChI is InChI=1S/C38H33BrClFN6O8/c1-38-22(33(49)46(35(38)51)19-6-7-24(41)23(40)14-19)15-27-20(32(38)21-13-18(39)5-8-29(21)48)9-12-45-36(52)44(37(53)47(27)45)11-10-25-34(50)43(2)28-17-31(55-4)30(54-3)16-26(28)42-25/h5-9,13-14,16-17,22,27,32,48H,10-12,15H2,1-4H3/t22-,27+,32+,38+/m0/s1. The number of hydrogen-bond acceptors (Lipinski definition) is 9. The van der Waals surface area contributed by atoms with Gasteiger partial charge in [-0.2, -0.15) is 0 Å². The average molecular weight is 836 g/mol. The predicted molar refractivity (Wildman–Crippen MR) is 203 cm³/mol. The van der Waals surface area contributed by atoms with Gasteiger partial charge in [0.15, 0.2) is 11.5 Å².